The Labute approximate surface area is 129 Å². The number of aryl methyl sites for hydroxylation is 1. The maximum atomic E-state index is 11.0. The molecule has 5 N–H and O–H groups in total. The molecular formula is C17H20N4O. The fourth-order valence-corrected chi connectivity index (χ4v) is 2.99. The Morgan fingerprint density at radius 2 is 2.05 bits per heavy atom. The summed E-state index contributed by atoms with van der Waals surface area (Å²) in [5.41, 5.74) is 13.5. The first-order chi connectivity index (χ1) is 10.6. The van der Waals surface area contributed by atoms with E-state index in [0.717, 1.165) is 29.5 Å². The van der Waals surface area contributed by atoms with Crippen molar-refractivity contribution in [3.8, 4) is 0 Å². The third-order valence-corrected chi connectivity index (χ3v) is 4.17. The Kier molecular flexibility index (Phi) is 3.81. The van der Waals surface area contributed by atoms with E-state index in [1.165, 1.54) is 0 Å². The van der Waals surface area contributed by atoms with Crippen molar-refractivity contribution in [2.45, 2.75) is 31.3 Å². The molecule has 5 nitrogen and oxygen atoms in total. The van der Waals surface area contributed by atoms with Gasteiger partial charge < -0.3 is 16.6 Å². The monoisotopic (exact) mass is 296 g/mol. The predicted octanol–water partition coefficient (Wildman–Crippen LogP) is 2.27. The molecule has 0 spiro atoms. The van der Waals surface area contributed by atoms with Crippen LogP contribution in [0.1, 0.15) is 36.0 Å². The molecule has 1 aliphatic carbocycles. The van der Waals surface area contributed by atoms with Gasteiger partial charge >= 0.3 is 0 Å². The second kappa shape index (κ2) is 5.77. The Morgan fingerprint density at radius 1 is 1.23 bits per heavy atom. The topological polar surface area (TPSA) is 98.0 Å². The molecule has 114 valence electrons. The first-order valence-corrected chi connectivity index (χ1v) is 7.44. The van der Waals surface area contributed by atoms with Crippen molar-refractivity contribution >= 4 is 17.8 Å². The lowest BCUT2D eigenvalue weighted by Crippen LogP contribution is -2.28. The third-order valence-electron chi connectivity index (χ3n) is 4.17. The SMILES string of the molecule is Nc1ncc(CCCC2(O)CC=Cc3ccccc32)c(N)n1. The minimum absolute atomic E-state index is 0.186. The zero-order valence-electron chi connectivity index (χ0n) is 12.4. The molecule has 1 aliphatic rings. The van der Waals surface area contributed by atoms with Gasteiger partial charge in [-0.2, -0.15) is 4.98 Å². The summed E-state index contributed by atoms with van der Waals surface area (Å²) in [6, 6.07) is 7.98. The van der Waals surface area contributed by atoms with Crippen molar-refractivity contribution in [3.05, 3.63) is 53.2 Å². The molecule has 2 aromatic rings. The number of fused-ring (bicyclic) bond motifs is 1. The second-order valence-electron chi connectivity index (χ2n) is 5.72. The van der Waals surface area contributed by atoms with Crippen molar-refractivity contribution in [3.63, 3.8) is 0 Å². The van der Waals surface area contributed by atoms with Gasteiger partial charge in [0.25, 0.3) is 0 Å². The fourth-order valence-electron chi connectivity index (χ4n) is 2.99. The van der Waals surface area contributed by atoms with E-state index in [9.17, 15) is 5.11 Å². The molecule has 1 unspecified atom stereocenters. The van der Waals surface area contributed by atoms with Gasteiger partial charge in [-0.05, 0) is 36.8 Å². The molecule has 0 amide bonds. The molecule has 22 heavy (non-hydrogen) atoms. The number of nitrogen functional groups attached to an aromatic ring is 2. The highest BCUT2D eigenvalue weighted by Crippen LogP contribution is 2.37. The van der Waals surface area contributed by atoms with Gasteiger partial charge in [-0.1, -0.05) is 36.4 Å². The summed E-state index contributed by atoms with van der Waals surface area (Å²) < 4.78 is 0. The van der Waals surface area contributed by atoms with E-state index < -0.39 is 5.60 Å². The van der Waals surface area contributed by atoms with Crippen LogP contribution in [0.5, 0.6) is 0 Å². The van der Waals surface area contributed by atoms with E-state index in [-0.39, 0.29) is 5.95 Å². The van der Waals surface area contributed by atoms with Gasteiger partial charge in [0.15, 0.2) is 0 Å². The van der Waals surface area contributed by atoms with Crippen molar-refractivity contribution < 1.29 is 5.11 Å². The molecule has 1 aromatic carbocycles. The van der Waals surface area contributed by atoms with Crippen LogP contribution in [0.25, 0.3) is 6.08 Å². The number of nitrogens with two attached hydrogens (primary N) is 2. The maximum absolute atomic E-state index is 11.0. The van der Waals surface area contributed by atoms with Crippen LogP contribution in [0.4, 0.5) is 11.8 Å². The van der Waals surface area contributed by atoms with Gasteiger partial charge in [0.2, 0.25) is 5.95 Å². The summed E-state index contributed by atoms with van der Waals surface area (Å²) in [6.07, 6.45) is 8.58. The molecule has 1 atom stereocenters. The van der Waals surface area contributed by atoms with Gasteiger partial charge in [0.1, 0.15) is 5.82 Å². The van der Waals surface area contributed by atoms with Crippen LogP contribution in [0, 0.1) is 0 Å². The number of aliphatic hydroxyl groups is 1. The molecule has 3 rings (SSSR count). The van der Waals surface area contributed by atoms with E-state index in [4.69, 9.17) is 11.5 Å². The molecule has 1 heterocycles. The van der Waals surface area contributed by atoms with Gasteiger partial charge in [-0.25, -0.2) is 4.98 Å². The highest BCUT2D eigenvalue weighted by Gasteiger charge is 2.31. The minimum Gasteiger partial charge on any atom is -0.385 e. The molecule has 0 bridgehead atoms. The molecule has 0 fully saturated rings. The van der Waals surface area contributed by atoms with Crippen molar-refractivity contribution in [1.82, 2.24) is 9.97 Å². The zero-order chi connectivity index (χ0) is 15.6. The Bertz CT molecular complexity index is 714. The summed E-state index contributed by atoms with van der Waals surface area (Å²) in [4.78, 5) is 7.93. The lowest BCUT2D eigenvalue weighted by Gasteiger charge is -2.32. The Morgan fingerprint density at radius 3 is 2.86 bits per heavy atom. The van der Waals surface area contributed by atoms with Crippen LogP contribution in [0.3, 0.4) is 0 Å². The maximum Gasteiger partial charge on any atom is 0.221 e. The van der Waals surface area contributed by atoms with Crippen molar-refractivity contribution in [1.29, 1.82) is 0 Å². The van der Waals surface area contributed by atoms with E-state index in [2.05, 4.69) is 16.0 Å². The minimum atomic E-state index is -0.811. The van der Waals surface area contributed by atoms with Crippen LogP contribution in [0.15, 0.2) is 36.5 Å². The van der Waals surface area contributed by atoms with E-state index in [0.29, 0.717) is 18.7 Å². The molecule has 1 aromatic heterocycles. The number of aromatic nitrogens is 2. The summed E-state index contributed by atoms with van der Waals surface area (Å²) >= 11 is 0. The summed E-state index contributed by atoms with van der Waals surface area (Å²) in [5, 5.41) is 11.0. The number of anilines is 2. The number of nitrogens with zero attached hydrogens (tertiary/aromatic N) is 2. The van der Waals surface area contributed by atoms with Crippen LogP contribution in [-0.4, -0.2) is 15.1 Å². The largest absolute Gasteiger partial charge is 0.385 e. The van der Waals surface area contributed by atoms with E-state index in [1.807, 2.05) is 30.3 Å². The number of benzene rings is 1. The fraction of sp³-hybridized carbons (Fsp3) is 0.294. The molecule has 5 heteroatoms. The van der Waals surface area contributed by atoms with Gasteiger partial charge in [0, 0.05) is 11.8 Å². The van der Waals surface area contributed by atoms with Gasteiger partial charge in [-0.15, -0.1) is 0 Å². The predicted molar refractivity (Wildman–Crippen MR) is 87.8 cm³/mol. The second-order valence-corrected chi connectivity index (χ2v) is 5.72. The van der Waals surface area contributed by atoms with Gasteiger partial charge in [0.05, 0.1) is 5.60 Å². The third kappa shape index (κ3) is 2.80. The first-order valence-electron chi connectivity index (χ1n) is 7.44. The molecule has 0 radical (unpaired) electrons. The quantitative estimate of drug-likeness (QED) is 0.804. The number of rotatable bonds is 4. The molecule has 0 aliphatic heterocycles. The number of hydrogen-bond donors (Lipinski definition) is 3. The molecule has 0 saturated heterocycles. The Hall–Kier alpha value is -2.40. The average molecular weight is 296 g/mol. The first kappa shape index (κ1) is 14.5. The summed E-state index contributed by atoms with van der Waals surface area (Å²) in [5.74, 6) is 0.606. The van der Waals surface area contributed by atoms with Crippen LogP contribution in [0.2, 0.25) is 0 Å². The van der Waals surface area contributed by atoms with Crippen LogP contribution >= 0.6 is 0 Å². The standard InChI is InChI=1S/C17H20N4O/c18-15-13(11-20-16(19)21-15)7-4-10-17(22)9-3-6-12-5-1-2-8-14(12)17/h1-3,5-6,8,11,22H,4,7,9-10H2,(H4,18,19,20,21). The smallest absolute Gasteiger partial charge is 0.221 e. The number of hydrogen-bond acceptors (Lipinski definition) is 5. The van der Waals surface area contributed by atoms with Crippen LogP contribution in [-0.2, 0) is 12.0 Å². The lowest BCUT2D eigenvalue weighted by molar-refractivity contribution is 0.0272. The molecular weight excluding hydrogens is 276 g/mol. The summed E-state index contributed by atoms with van der Waals surface area (Å²) in [7, 11) is 0. The normalized spacial score (nSPS) is 19.9. The van der Waals surface area contributed by atoms with Crippen molar-refractivity contribution in [2.75, 3.05) is 11.5 Å². The van der Waals surface area contributed by atoms with E-state index in [1.54, 1.807) is 6.20 Å². The lowest BCUT2D eigenvalue weighted by atomic mass is 9.79. The van der Waals surface area contributed by atoms with E-state index >= 15 is 0 Å². The highest BCUT2D eigenvalue weighted by atomic mass is 16.3. The van der Waals surface area contributed by atoms with Crippen LogP contribution < -0.4 is 11.5 Å². The van der Waals surface area contributed by atoms with Gasteiger partial charge in [-0.3, -0.25) is 0 Å². The zero-order valence-corrected chi connectivity index (χ0v) is 12.4. The average Bonchev–Trinajstić information content (AvgIpc) is 2.50. The Balaban J connectivity index is 1.70. The van der Waals surface area contributed by atoms with Crippen molar-refractivity contribution in [2.24, 2.45) is 0 Å². The molecule has 0 saturated carbocycles. The summed E-state index contributed by atoms with van der Waals surface area (Å²) in [6.45, 7) is 0. The highest BCUT2D eigenvalue weighted by molar-refractivity contribution is 5.58.